The van der Waals surface area contributed by atoms with Crippen LogP contribution in [0.2, 0.25) is 0 Å². The number of fused-ring (bicyclic) bond motifs is 1. The van der Waals surface area contributed by atoms with Crippen molar-refractivity contribution in [3.63, 3.8) is 0 Å². The summed E-state index contributed by atoms with van der Waals surface area (Å²) in [5, 5.41) is 2.34. The molecule has 0 bridgehead atoms. The van der Waals surface area contributed by atoms with E-state index in [9.17, 15) is 22.8 Å². The van der Waals surface area contributed by atoms with Crippen LogP contribution in [0.5, 0.6) is 5.75 Å². The van der Waals surface area contributed by atoms with Gasteiger partial charge in [0.25, 0.3) is 0 Å². The molecule has 1 N–H and O–H groups in total. The predicted molar refractivity (Wildman–Crippen MR) is 95.4 cm³/mol. The predicted octanol–water partition coefficient (Wildman–Crippen LogP) is 4.35. The third kappa shape index (κ3) is 3.30. The number of rotatable bonds is 1. The first kappa shape index (κ1) is 18.3. The summed E-state index contributed by atoms with van der Waals surface area (Å²) in [4.78, 5) is 26.4. The van der Waals surface area contributed by atoms with Crippen molar-refractivity contribution in [2.75, 3.05) is 18.4 Å². The standard InChI is InChI=1S/C20H17F3N2O3/c21-20(22,23)14-6-2-3-7-15(14)24-18(27)25-10-9-19(12-25)11-16(26)13-5-1-4-8-17(13)28-19/h1-8H,9-12H2,(H,24,27). The van der Waals surface area contributed by atoms with Gasteiger partial charge in [0.15, 0.2) is 5.78 Å². The van der Waals surface area contributed by atoms with Gasteiger partial charge in [-0.15, -0.1) is 0 Å². The van der Waals surface area contributed by atoms with Crippen molar-refractivity contribution >= 4 is 17.5 Å². The minimum Gasteiger partial charge on any atom is -0.484 e. The molecule has 1 unspecified atom stereocenters. The molecule has 2 aromatic rings. The van der Waals surface area contributed by atoms with Gasteiger partial charge in [0, 0.05) is 13.0 Å². The van der Waals surface area contributed by atoms with Crippen molar-refractivity contribution < 1.29 is 27.5 Å². The van der Waals surface area contributed by atoms with Gasteiger partial charge in [0.2, 0.25) is 0 Å². The third-order valence-corrected chi connectivity index (χ3v) is 5.07. The number of ether oxygens (including phenoxy) is 1. The van der Waals surface area contributed by atoms with Gasteiger partial charge in [-0.1, -0.05) is 24.3 Å². The van der Waals surface area contributed by atoms with Crippen LogP contribution < -0.4 is 10.1 Å². The van der Waals surface area contributed by atoms with Crippen LogP contribution in [-0.2, 0) is 6.18 Å². The number of nitrogens with zero attached hydrogens (tertiary/aromatic N) is 1. The second kappa shape index (κ2) is 6.54. The highest BCUT2D eigenvalue weighted by Gasteiger charge is 2.47. The van der Waals surface area contributed by atoms with E-state index in [0.717, 1.165) is 6.07 Å². The lowest BCUT2D eigenvalue weighted by Crippen LogP contribution is -2.46. The fourth-order valence-electron chi connectivity index (χ4n) is 3.72. The summed E-state index contributed by atoms with van der Waals surface area (Å²) in [5.74, 6) is 0.412. The van der Waals surface area contributed by atoms with Crippen LogP contribution in [0, 0.1) is 0 Å². The maximum absolute atomic E-state index is 13.1. The van der Waals surface area contributed by atoms with Gasteiger partial charge in [-0.3, -0.25) is 4.79 Å². The Labute approximate surface area is 159 Å². The first-order valence-corrected chi connectivity index (χ1v) is 8.81. The van der Waals surface area contributed by atoms with Crippen molar-refractivity contribution in [3.05, 3.63) is 59.7 Å². The molecule has 146 valence electrons. The topological polar surface area (TPSA) is 58.6 Å². The molecule has 1 atom stereocenters. The average Bonchev–Trinajstić information content (AvgIpc) is 3.04. The number of para-hydroxylation sites is 2. The third-order valence-electron chi connectivity index (χ3n) is 5.07. The molecule has 1 spiro atoms. The van der Waals surface area contributed by atoms with Crippen molar-refractivity contribution in [1.82, 2.24) is 4.90 Å². The summed E-state index contributed by atoms with van der Waals surface area (Å²) in [6.45, 7) is 0.419. The monoisotopic (exact) mass is 390 g/mol. The normalized spacial score (nSPS) is 21.4. The van der Waals surface area contributed by atoms with Crippen molar-refractivity contribution in [1.29, 1.82) is 0 Å². The van der Waals surface area contributed by atoms with Crippen molar-refractivity contribution in [2.45, 2.75) is 24.6 Å². The molecule has 2 aromatic carbocycles. The summed E-state index contributed by atoms with van der Waals surface area (Å²) >= 11 is 0. The molecule has 0 saturated carbocycles. The molecule has 2 amide bonds. The van der Waals surface area contributed by atoms with E-state index in [4.69, 9.17) is 4.74 Å². The lowest BCUT2D eigenvalue weighted by atomic mass is 9.89. The molecule has 2 heterocycles. The fourth-order valence-corrected chi connectivity index (χ4v) is 3.72. The Kier molecular flexibility index (Phi) is 4.28. The number of carbonyl (C=O) groups excluding carboxylic acids is 2. The number of hydrogen-bond donors (Lipinski definition) is 1. The van der Waals surface area contributed by atoms with E-state index >= 15 is 0 Å². The van der Waals surface area contributed by atoms with Gasteiger partial charge >= 0.3 is 12.2 Å². The van der Waals surface area contributed by atoms with Gasteiger partial charge in [0.05, 0.1) is 29.8 Å². The largest absolute Gasteiger partial charge is 0.484 e. The quantitative estimate of drug-likeness (QED) is 0.788. The number of amides is 2. The molecule has 5 nitrogen and oxygen atoms in total. The number of carbonyl (C=O) groups is 2. The zero-order valence-electron chi connectivity index (χ0n) is 14.8. The molecule has 0 aliphatic carbocycles. The Balaban J connectivity index is 1.50. The fraction of sp³-hybridized carbons (Fsp3) is 0.300. The van der Waals surface area contributed by atoms with Crippen molar-refractivity contribution in [2.24, 2.45) is 0 Å². The van der Waals surface area contributed by atoms with E-state index in [1.807, 2.05) is 0 Å². The number of alkyl halides is 3. The van der Waals surface area contributed by atoms with Crippen LogP contribution >= 0.6 is 0 Å². The highest BCUT2D eigenvalue weighted by Crippen LogP contribution is 2.39. The Morgan fingerprint density at radius 2 is 1.82 bits per heavy atom. The maximum atomic E-state index is 13.1. The minimum atomic E-state index is -4.57. The zero-order valence-corrected chi connectivity index (χ0v) is 14.8. The number of Topliss-reactive ketones (excluding diaryl/α,β-unsaturated/α-hetero) is 1. The van der Waals surface area contributed by atoms with Crippen LogP contribution in [0.4, 0.5) is 23.7 Å². The van der Waals surface area contributed by atoms with E-state index in [1.165, 1.54) is 23.1 Å². The van der Waals surface area contributed by atoms with E-state index < -0.39 is 23.4 Å². The Morgan fingerprint density at radius 3 is 2.61 bits per heavy atom. The number of ketones is 1. The smallest absolute Gasteiger partial charge is 0.418 e. The van der Waals surface area contributed by atoms with Gasteiger partial charge in [0.1, 0.15) is 11.4 Å². The zero-order chi connectivity index (χ0) is 19.9. The molecule has 8 heteroatoms. The number of halogens is 3. The van der Waals surface area contributed by atoms with E-state index in [0.29, 0.717) is 17.7 Å². The molecule has 0 aromatic heterocycles. The molecule has 2 aliphatic heterocycles. The maximum Gasteiger partial charge on any atom is 0.418 e. The average molecular weight is 390 g/mol. The van der Waals surface area contributed by atoms with Crippen LogP contribution in [0.25, 0.3) is 0 Å². The van der Waals surface area contributed by atoms with Gasteiger partial charge in [-0.05, 0) is 24.3 Å². The molecule has 0 radical (unpaired) electrons. The summed E-state index contributed by atoms with van der Waals surface area (Å²) in [7, 11) is 0. The van der Waals surface area contributed by atoms with E-state index in [1.54, 1.807) is 24.3 Å². The Hall–Kier alpha value is -3.03. The van der Waals surface area contributed by atoms with Crippen LogP contribution in [-0.4, -0.2) is 35.4 Å². The van der Waals surface area contributed by atoms with Crippen LogP contribution in [0.3, 0.4) is 0 Å². The van der Waals surface area contributed by atoms with E-state index in [-0.39, 0.29) is 31.0 Å². The number of benzene rings is 2. The van der Waals surface area contributed by atoms with Crippen LogP contribution in [0.15, 0.2) is 48.5 Å². The number of nitrogens with one attached hydrogen (secondary N) is 1. The van der Waals surface area contributed by atoms with Gasteiger partial charge < -0.3 is 15.0 Å². The molecule has 4 rings (SSSR count). The lowest BCUT2D eigenvalue weighted by molar-refractivity contribution is -0.136. The SMILES string of the molecule is O=C1CC2(CCN(C(=O)Nc3ccccc3C(F)(F)F)C2)Oc2ccccc21. The number of anilines is 1. The summed E-state index contributed by atoms with van der Waals surface area (Å²) in [6.07, 6.45) is -4.01. The minimum absolute atomic E-state index is 0.0634. The Bertz CT molecular complexity index is 944. The van der Waals surface area contributed by atoms with Gasteiger partial charge in [-0.25, -0.2) is 4.79 Å². The molecule has 28 heavy (non-hydrogen) atoms. The summed E-state index contributed by atoms with van der Waals surface area (Å²) < 4.78 is 45.4. The molecular formula is C20H17F3N2O3. The van der Waals surface area contributed by atoms with Gasteiger partial charge in [-0.2, -0.15) is 13.2 Å². The highest BCUT2D eigenvalue weighted by molar-refractivity contribution is 6.00. The molecule has 1 saturated heterocycles. The molecule has 1 fully saturated rings. The molecule has 2 aliphatic rings. The lowest BCUT2D eigenvalue weighted by Gasteiger charge is -2.34. The second-order valence-corrected chi connectivity index (χ2v) is 7.03. The number of hydrogen-bond acceptors (Lipinski definition) is 3. The van der Waals surface area contributed by atoms with Crippen molar-refractivity contribution in [3.8, 4) is 5.75 Å². The second-order valence-electron chi connectivity index (χ2n) is 7.03. The Morgan fingerprint density at radius 1 is 1.11 bits per heavy atom. The first-order valence-electron chi connectivity index (χ1n) is 8.81. The number of likely N-dealkylation sites (tertiary alicyclic amines) is 1. The van der Waals surface area contributed by atoms with E-state index in [2.05, 4.69) is 5.32 Å². The summed E-state index contributed by atoms with van der Waals surface area (Å²) in [5.41, 5.74) is -1.54. The first-order chi connectivity index (χ1) is 13.3. The molecular weight excluding hydrogens is 373 g/mol. The van der Waals surface area contributed by atoms with Crippen LogP contribution in [0.1, 0.15) is 28.8 Å². The number of urea groups is 1. The summed E-state index contributed by atoms with van der Waals surface area (Å²) in [6, 6.07) is 11.1. The highest BCUT2D eigenvalue weighted by atomic mass is 19.4.